The molecule has 2 aromatic carbocycles. The third kappa shape index (κ3) is 3.40. The molecule has 1 aliphatic rings. The Bertz CT molecular complexity index is 860. The van der Waals surface area contributed by atoms with E-state index in [1.54, 1.807) is 12.5 Å². The summed E-state index contributed by atoms with van der Waals surface area (Å²) < 4.78 is 13.7. The van der Waals surface area contributed by atoms with Crippen molar-refractivity contribution in [2.75, 3.05) is 6.61 Å². The highest BCUT2D eigenvalue weighted by Gasteiger charge is 2.29. The van der Waals surface area contributed by atoms with Crippen LogP contribution in [-0.4, -0.2) is 21.9 Å². The summed E-state index contributed by atoms with van der Waals surface area (Å²) in [7, 11) is 0. The number of ketones is 1. The first-order chi connectivity index (χ1) is 12.3. The Morgan fingerprint density at radius 1 is 1.20 bits per heavy atom. The largest absolute Gasteiger partial charge is 0.492 e. The lowest BCUT2D eigenvalue weighted by Crippen LogP contribution is -2.25. The molecule has 4 rings (SSSR count). The second kappa shape index (κ2) is 6.81. The highest BCUT2D eigenvalue weighted by molar-refractivity contribution is 5.88. The number of aromatic nitrogens is 2. The molecule has 5 nitrogen and oxygen atoms in total. The van der Waals surface area contributed by atoms with Crippen LogP contribution in [0.2, 0.25) is 0 Å². The van der Waals surface area contributed by atoms with Gasteiger partial charge in [-0.15, -0.1) is 0 Å². The number of hydrogen-bond acceptors (Lipinski definition) is 4. The van der Waals surface area contributed by atoms with Crippen LogP contribution in [0.4, 0.5) is 0 Å². The number of benzene rings is 2. The van der Waals surface area contributed by atoms with Gasteiger partial charge in [0.1, 0.15) is 18.1 Å². The maximum atomic E-state index is 12.4. The van der Waals surface area contributed by atoms with E-state index in [4.69, 9.17) is 9.47 Å². The predicted octanol–water partition coefficient (Wildman–Crippen LogP) is 3.21. The van der Waals surface area contributed by atoms with Crippen LogP contribution >= 0.6 is 0 Å². The molecule has 3 aromatic rings. The molecular weight excluding hydrogens is 316 g/mol. The van der Waals surface area contributed by atoms with Gasteiger partial charge < -0.3 is 14.0 Å². The Balaban J connectivity index is 1.47. The molecule has 126 valence electrons. The molecule has 2 heterocycles. The van der Waals surface area contributed by atoms with Gasteiger partial charge in [0, 0.05) is 30.4 Å². The number of Topliss-reactive ketones (excluding diaryl/α,β-unsaturated/α-hetero) is 1. The van der Waals surface area contributed by atoms with Crippen molar-refractivity contribution in [3.63, 3.8) is 0 Å². The lowest BCUT2D eigenvalue weighted by atomic mass is 9.96. The zero-order valence-corrected chi connectivity index (χ0v) is 13.7. The lowest BCUT2D eigenvalue weighted by molar-refractivity contribution is -0.126. The van der Waals surface area contributed by atoms with Crippen molar-refractivity contribution in [2.24, 2.45) is 0 Å². The summed E-state index contributed by atoms with van der Waals surface area (Å²) in [5.74, 6) is 1.53. The topological polar surface area (TPSA) is 53.4 Å². The second-order valence-electron chi connectivity index (χ2n) is 5.97. The van der Waals surface area contributed by atoms with E-state index in [0.29, 0.717) is 18.8 Å². The molecule has 1 aromatic heterocycles. The molecule has 0 bridgehead atoms. The van der Waals surface area contributed by atoms with E-state index in [9.17, 15) is 4.79 Å². The SMILES string of the molecule is O=C1Cc2ccc(OCCn3ccnc3)cc2OC1c1ccccc1. The van der Waals surface area contributed by atoms with E-state index < -0.39 is 6.10 Å². The van der Waals surface area contributed by atoms with Crippen LogP contribution < -0.4 is 9.47 Å². The van der Waals surface area contributed by atoms with Gasteiger partial charge >= 0.3 is 0 Å². The number of rotatable bonds is 5. The van der Waals surface area contributed by atoms with Crippen molar-refractivity contribution in [3.05, 3.63) is 78.4 Å². The molecule has 0 saturated heterocycles. The van der Waals surface area contributed by atoms with Gasteiger partial charge in [0.25, 0.3) is 0 Å². The van der Waals surface area contributed by atoms with E-state index >= 15 is 0 Å². The molecule has 1 aliphatic heterocycles. The molecule has 1 atom stereocenters. The van der Waals surface area contributed by atoms with Crippen molar-refractivity contribution >= 4 is 5.78 Å². The maximum absolute atomic E-state index is 12.4. The van der Waals surface area contributed by atoms with Crippen LogP contribution in [0, 0.1) is 0 Å². The zero-order chi connectivity index (χ0) is 17.1. The van der Waals surface area contributed by atoms with E-state index in [2.05, 4.69) is 4.98 Å². The molecular formula is C20H18N2O3. The summed E-state index contributed by atoms with van der Waals surface area (Å²) in [6.07, 6.45) is 5.23. The summed E-state index contributed by atoms with van der Waals surface area (Å²) in [6, 6.07) is 15.2. The van der Waals surface area contributed by atoms with Crippen molar-refractivity contribution in [3.8, 4) is 11.5 Å². The van der Waals surface area contributed by atoms with Crippen molar-refractivity contribution in [1.29, 1.82) is 0 Å². The van der Waals surface area contributed by atoms with E-state index in [1.807, 2.05) is 59.3 Å². The molecule has 0 saturated carbocycles. The fourth-order valence-corrected chi connectivity index (χ4v) is 2.92. The molecule has 0 spiro atoms. The third-order valence-corrected chi connectivity index (χ3v) is 4.22. The number of imidazole rings is 1. The summed E-state index contributed by atoms with van der Waals surface area (Å²) in [5, 5.41) is 0. The van der Waals surface area contributed by atoms with Gasteiger partial charge in [-0.3, -0.25) is 4.79 Å². The van der Waals surface area contributed by atoms with Crippen LogP contribution in [0.25, 0.3) is 0 Å². The summed E-state index contributed by atoms with van der Waals surface area (Å²) in [6.45, 7) is 1.26. The lowest BCUT2D eigenvalue weighted by Gasteiger charge is -2.25. The average molecular weight is 334 g/mol. The Kier molecular flexibility index (Phi) is 4.21. The molecule has 0 N–H and O–H groups in total. The normalized spacial score (nSPS) is 16.2. The van der Waals surface area contributed by atoms with Crippen LogP contribution in [0.3, 0.4) is 0 Å². The monoisotopic (exact) mass is 334 g/mol. The van der Waals surface area contributed by atoms with Crippen LogP contribution in [0.1, 0.15) is 17.2 Å². The number of carbonyl (C=O) groups is 1. The Morgan fingerprint density at radius 2 is 2.08 bits per heavy atom. The van der Waals surface area contributed by atoms with Crippen molar-refractivity contribution < 1.29 is 14.3 Å². The van der Waals surface area contributed by atoms with E-state index in [0.717, 1.165) is 23.4 Å². The first kappa shape index (κ1) is 15.4. The van der Waals surface area contributed by atoms with Gasteiger partial charge in [0.2, 0.25) is 0 Å². The summed E-state index contributed by atoms with van der Waals surface area (Å²) in [4.78, 5) is 16.4. The Labute approximate surface area is 145 Å². The van der Waals surface area contributed by atoms with E-state index in [1.165, 1.54) is 0 Å². The summed E-state index contributed by atoms with van der Waals surface area (Å²) >= 11 is 0. The van der Waals surface area contributed by atoms with Gasteiger partial charge in [-0.2, -0.15) is 0 Å². The second-order valence-corrected chi connectivity index (χ2v) is 5.97. The van der Waals surface area contributed by atoms with Gasteiger partial charge in [-0.1, -0.05) is 36.4 Å². The van der Waals surface area contributed by atoms with E-state index in [-0.39, 0.29) is 5.78 Å². The third-order valence-electron chi connectivity index (χ3n) is 4.22. The van der Waals surface area contributed by atoms with Crippen LogP contribution in [0.15, 0.2) is 67.3 Å². The first-order valence-corrected chi connectivity index (χ1v) is 8.25. The van der Waals surface area contributed by atoms with Crippen LogP contribution in [-0.2, 0) is 17.8 Å². The zero-order valence-electron chi connectivity index (χ0n) is 13.7. The van der Waals surface area contributed by atoms with Crippen LogP contribution in [0.5, 0.6) is 11.5 Å². The quantitative estimate of drug-likeness (QED) is 0.719. The molecule has 5 heteroatoms. The van der Waals surface area contributed by atoms with Crippen molar-refractivity contribution in [2.45, 2.75) is 19.1 Å². The minimum absolute atomic E-state index is 0.0764. The van der Waals surface area contributed by atoms with Gasteiger partial charge in [-0.25, -0.2) is 4.98 Å². The minimum Gasteiger partial charge on any atom is -0.492 e. The van der Waals surface area contributed by atoms with Gasteiger partial charge in [0.15, 0.2) is 11.9 Å². The molecule has 1 unspecified atom stereocenters. The maximum Gasteiger partial charge on any atom is 0.182 e. The highest BCUT2D eigenvalue weighted by atomic mass is 16.5. The fraction of sp³-hybridized carbons (Fsp3) is 0.200. The predicted molar refractivity (Wildman–Crippen MR) is 92.7 cm³/mol. The number of fused-ring (bicyclic) bond motifs is 1. The molecule has 25 heavy (non-hydrogen) atoms. The first-order valence-electron chi connectivity index (χ1n) is 8.25. The Morgan fingerprint density at radius 3 is 2.88 bits per heavy atom. The molecule has 0 aliphatic carbocycles. The molecule has 0 amide bonds. The number of nitrogens with zero attached hydrogens (tertiary/aromatic N) is 2. The number of hydrogen-bond donors (Lipinski definition) is 0. The number of ether oxygens (including phenoxy) is 2. The summed E-state index contributed by atoms with van der Waals surface area (Å²) in [5.41, 5.74) is 1.78. The molecule has 0 radical (unpaired) electrons. The fourth-order valence-electron chi connectivity index (χ4n) is 2.92. The minimum atomic E-state index is -0.546. The van der Waals surface area contributed by atoms with Crippen molar-refractivity contribution in [1.82, 2.24) is 9.55 Å². The standard InChI is InChI=1S/C20H18N2O3/c23-18-12-16-6-7-17(24-11-10-22-9-8-21-14-22)13-19(16)25-20(18)15-4-2-1-3-5-15/h1-9,13-14,20H,10-12H2. The van der Waals surface area contributed by atoms with Gasteiger partial charge in [-0.05, 0) is 11.6 Å². The number of carbonyl (C=O) groups excluding carboxylic acids is 1. The highest BCUT2D eigenvalue weighted by Crippen LogP contribution is 2.35. The smallest absolute Gasteiger partial charge is 0.182 e. The Hall–Kier alpha value is -3.08. The average Bonchev–Trinajstić information content (AvgIpc) is 3.15. The molecule has 0 fully saturated rings. The van der Waals surface area contributed by atoms with Gasteiger partial charge in [0.05, 0.1) is 12.9 Å².